The van der Waals surface area contributed by atoms with Gasteiger partial charge in [-0.05, 0) is 37.1 Å². The molecule has 0 bridgehead atoms. The van der Waals surface area contributed by atoms with Crippen LogP contribution in [0, 0.1) is 0 Å². The molecular formula is C22H22O9. The summed E-state index contributed by atoms with van der Waals surface area (Å²) in [5.41, 5.74) is 0.516. The van der Waals surface area contributed by atoms with Crippen LogP contribution in [0.25, 0.3) is 0 Å². The molecule has 7 N–H and O–H groups in total. The molecule has 0 radical (unpaired) electrons. The Labute approximate surface area is 177 Å². The molecule has 3 aromatic rings. The maximum Gasteiger partial charge on any atom is 0.335 e. The summed E-state index contributed by atoms with van der Waals surface area (Å²) in [6.45, 7) is 0.663. The van der Waals surface area contributed by atoms with Gasteiger partial charge in [0, 0.05) is 17.7 Å². The first-order valence-corrected chi connectivity index (χ1v) is 9.09. The Morgan fingerprint density at radius 2 is 1.39 bits per heavy atom. The molecule has 0 saturated heterocycles. The van der Waals surface area contributed by atoms with Crippen molar-refractivity contribution in [3.63, 3.8) is 0 Å². The van der Waals surface area contributed by atoms with E-state index in [2.05, 4.69) is 0 Å². The van der Waals surface area contributed by atoms with Gasteiger partial charge >= 0.3 is 5.97 Å². The molecule has 0 atom stereocenters. The standard InChI is InChI=1S/C9H10O3.C7H6O5.C6H6O/c10-6-4-8(11)7-2-1-3-12-9(7)5-6;8-4-1-3(7(11)12)2-5(9)6(4)10;7-6-4-2-1-3-5-6/h4-5,10-11H,1-3H2;1-2,8-10H,(H,11,12);1-5,7H. The molecule has 1 heterocycles. The summed E-state index contributed by atoms with van der Waals surface area (Å²) in [4.78, 5) is 10.3. The number of para-hydroxylation sites is 1. The number of hydrogen-bond donors (Lipinski definition) is 7. The fourth-order valence-corrected chi connectivity index (χ4v) is 2.58. The van der Waals surface area contributed by atoms with Crippen LogP contribution in [0.4, 0.5) is 0 Å². The lowest BCUT2D eigenvalue weighted by molar-refractivity contribution is 0.0695. The maximum atomic E-state index is 10.3. The summed E-state index contributed by atoms with van der Waals surface area (Å²) in [5.74, 6) is -2.22. The van der Waals surface area contributed by atoms with Crippen LogP contribution in [0.3, 0.4) is 0 Å². The Kier molecular flexibility index (Phi) is 7.79. The van der Waals surface area contributed by atoms with Gasteiger partial charge in [0.15, 0.2) is 17.2 Å². The van der Waals surface area contributed by atoms with Crippen LogP contribution in [0.1, 0.15) is 22.3 Å². The Hall–Kier alpha value is -4.27. The molecule has 0 amide bonds. The number of aromatic carboxylic acids is 1. The Morgan fingerprint density at radius 3 is 1.90 bits per heavy atom. The van der Waals surface area contributed by atoms with E-state index in [1.165, 1.54) is 12.1 Å². The van der Waals surface area contributed by atoms with Crippen molar-refractivity contribution in [3.8, 4) is 40.2 Å². The summed E-state index contributed by atoms with van der Waals surface area (Å²) in [7, 11) is 0. The van der Waals surface area contributed by atoms with Crippen LogP contribution in [0.5, 0.6) is 40.2 Å². The molecule has 0 spiro atoms. The average molecular weight is 430 g/mol. The van der Waals surface area contributed by atoms with Crippen LogP contribution in [-0.2, 0) is 6.42 Å². The number of rotatable bonds is 1. The van der Waals surface area contributed by atoms with Crippen molar-refractivity contribution >= 4 is 5.97 Å². The average Bonchev–Trinajstić information content (AvgIpc) is 2.73. The smallest absolute Gasteiger partial charge is 0.335 e. The molecule has 0 fully saturated rings. The molecule has 0 unspecified atom stereocenters. The molecule has 0 aromatic heterocycles. The molecule has 0 aliphatic carbocycles. The SMILES string of the molecule is O=C(O)c1cc(O)c(O)c(O)c1.Oc1cc(O)c2c(c1)OCCC2.Oc1ccccc1. The van der Waals surface area contributed by atoms with Gasteiger partial charge in [-0.25, -0.2) is 4.79 Å². The van der Waals surface area contributed by atoms with Crippen molar-refractivity contribution < 1.29 is 45.3 Å². The second-order valence-corrected chi connectivity index (χ2v) is 6.40. The fourth-order valence-electron chi connectivity index (χ4n) is 2.58. The number of hydrogen-bond acceptors (Lipinski definition) is 8. The Morgan fingerprint density at radius 1 is 0.774 bits per heavy atom. The molecule has 3 aromatic carbocycles. The molecule has 1 aliphatic rings. The highest BCUT2D eigenvalue weighted by Crippen LogP contribution is 2.36. The van der Waals surface area contributed by atoms with Crippen molar-refractivity contribution in [1.29, 1.82) is 0 Å². The number of carboxylic acids is 1. The zero-order valence-corrected chi connectivity index (χ0v) is 16.3. The van der Waals surface area contributed by atoms with Gasteiger partial charge in [0.1, 0.15) is 23.0 Å². The van der Waals surface area contributed by atoms with Crippen molar-refractivity contribution in [1.82, 2.24) is 0 Å². The minimum absolute atomic E-state index is 0.0492. The Bertz CT molecular complexity index is 1010. The van der Waals surface area contributed by atoms with E-state index in [-0.39, 0.29) is 17.1 Å². The molecule has 31 heavy (non-hydrogen) atoms. The first kappa shape index (κ1) is 23.0. The fraction of sp³-hybridized carbons (Fsp3) is 0.136. The van der Waals surface area contributed by atoms with E-state index in [9.17, 15) is 9.90 Å². The van der Waals surface area contributed by atoms with Gasteiger partial charge in [-0.2, -0.15) is 0 Å². The minimum atomic E-state index is -1.29. The third-order valence-electron chi connectivity index (χ3n) is 4.07. The van der Waals surface area contributed by atoms with Gasteiger partial charge in [0.05, 0.1) is 12.2 Å². The van der Waals surface area contributed by atoms with Crippen LogP contribution < -0.4 is 4.74 Å². The van der Waals surface area contributed by atoms with Gasteiger partial charge in [-0.3, -0.25) is 0 Å². The highest BCUT2D eigenvalue weighted by molar-refractivity contribution is 5.89. The summed E-state index contributed by atoms with van der Waals surface area (Å²) in [6.07, 6.45) is 1.74. The second-order valence-electron chi connectivity index (χ2n) is 6.40. The van der Waals surface area contributed by atoms with Gasteiger partial charge < -0.3 is 40.5 Å². The normalized spacial score (nSPS) is 11.5. The van der Waals surface area contributed by atoms with Crippen molar-refractivity contribution in [2.45, 2.75) is 12.8 Å². The molecular weight excluding hydrogens is 408 g/mol. The first-order valence-electron chi connectivity index (χ1n) is 9.09. The van der Waals surface area contributed by atoms with E-state index in [1.54, 1.807) is 24.3 Å². The lowest BCUT2D eigenvalue weighted by Gasteiger charge is -2.17. The quantitative estimate of drug-likeness (QED) is 0.286. The monoisotopic (exact) mass is 430 g/mol. The maximum absolute atomic E-state index is 10.3. The summed E-state index contributed by atoms with van der Waals surface area (Å²) >= 11 is 0. The predicted octanol–water partition coefficient (Wildman–Crippen LogP) is 3.32. The molecule has 164 valence electrons. The van der Waals surface area contributed by atoms with Gasteiger partial charge in [0.2, 0.25) is 0 Å². The zero-order valence-electron chi connectivity index (χ0n) is 16.3. The highest BCUT2D eigenvalue weighted by atomic mass is 16.5. The third kappa shape index (κ3) is 6.64. The van der Waals surface area contributed by atoms with E-state index < -0.39 is 23.2 Å². The number of carboxylic acid groups (broad SMARTS) is 1. The van der Waals surface area contributed by atoms with Crippen LogP contribution in [0.2, 0.25) is 0 Å². The van der Waals surface area contributed by atoms with E-state index in [0.29, 0.717) is 18.1 Å². The second kappa shape index (κ2) is 10.5. The third-order valence-corrected chi connectivity index (χ3v) is 4.07. The van der Waals surface area contributed by atoms with Crippen LogP contribution >= 0.6 is 0 Å². The topological polar surface area (TPSA) is 168 Å². The van der Waals surface area contributed by atoms with E-state index in [1.807, 2.05) is 6.07 Å². The van der Waals surface area contributed by atoms with E-state index >= 15 is 0 Å². The molecule has 9 nitrogen and oxygen atoms in total. The zero-order chi connectivity index (χ0) is 23.0. The highest BCUT2D eigenvalue weighted by Gasteiger charge is 2.15. The van der Waals surface area contributed by atoms with Gasteiger partial charge in [-0.15, -0.1) is 0 Å². The molecule has 1 aliphatic heterocycles. The van der Waals surface area contributed by atoms with Crippen molar-refractivity contribution in [2.75, 3.05) is 6.61 Å². The number of benzene rings is 3. The number of fused-ring (bicyclic) bond motifs is 1. The van der Waals surface area contributed by atoms with Crippen molar-refractivity contribution in [2.24, 2.45) is 0 Å². The first-order chi connectivity index (χ1) is 14.7. The van der Waals surface area contributed by atoms with E-state index in [4.69, 9.17) is 35.4 Å². The summed E-state index contributed by atoms with van der Waals surface area (Å²) in [6, 6.07) is 13.3. The lowest BCUT2D eigenvalue weighted by atomic mass is 10.1. The summed E-state index contributed by atoms with van der Waals surface area (Å²) < 4.78 is 5.27. The van der Waals surface area contributed by atoms with Crippen molar-refractivity contribution in [3.05, 3.63) is 65.7 Å². The Balaban J connectivity index is 0.000000171. The number of ether oxygens (including phenoxy) is 1. The van der Waals surface area contributed by atoms with Crippen LogP contribution in [-0.4, -0.2) is 48.3 Å². The minimum Gasteiger partial charge on any atom is -0.508 e. The molecule has 9 heteroatoms. The van der Waals surface area contributed by atoms with Gasteiger partial charge in [0.25, 0.3) is 0 Å². The number of aromatic hydroxyl groups is 6. The summed E-state index contributed by atoms with van der Waals surface area (Å²) in [5, 5.41) is 62.1. The lowest BCUT2D eigenvalue weighted by Crippen LogP contribution is -2.07. The largest absolute Gasteiger partial charge is 0.508 e. The predicted molar refractivity (Wildman–Crippen MR) is 110 cm³/mol. The number of phenolic OH excluding ortho intramolecular Hbond substituents is 6. The van der Waals surface area contributed by atoms with Gasteiger partial charge in [-0.1, -0.05) is 18.2 Å². The molecule has 4 rings (SSSR count). The number of carbonyl (C=O) groups is 1. The number of phenols is 6. The molecule has 0 saturated carbocycles. The van der Waals surface area contributed by atoms with Crippen LogP contribution in [0.15, 0.2) is 54.6 Å². The van der Waals surface area contributed by atoms with E-state index in [0.717, 1.165) is 30.5 Å².